The van der Waals surface area contributed by atoms with Crippen molar-refractivity contribution in [1.82, 2.24) is 0 Å². The molecule has 0 radical (unpaired) electrons. The summed E-state index contributed by atoms with van der Waals surface area (Å²) in [6.45, 7) is 2.26. The van der Waals surface area contributed by atoms with Gasteiger partial charge >= 0.3 is 5.97 Å². The molecule has 1 saturated carbocycles. The van der Waals surface area contributed by atoms with Crippen molar-refractivity contribution in [3.63, 3.8) is 0 Å². The number of ether oxygens (including phenoxy) is 1. The average molecular weight is 212 g/mol. The molecule has 3 nitrogen and oxygen atoms in total. The van der Waals surface area contributed by atoms with E-state index in [1.807, 2.05) is 0 Å². The first-order valence-electron chi connectivity index (χ1n) is 5.72. The fraction of sp³-hybridized carbons (Fsp3) is 0.750. The smallest absolute Gasteiger partial charge is 0.330 e. The third-order valence-electron chi connectivity index (χ3n) is 2.81. The van der Waals surface area contributed by atoms with Crippen molar-refractivity contribution in [2.24, 2.45) is 0 Å². The van der Waals surface area contributed by atoms with E-state index in [9.17, 15) is 4.79 Å². The second-order valence-corrected chi connectivity index (χ2v) is 4.11. The van der Waals surface area contributed by atoms with Gasteiger partial charge in [0.2, 0.25) is 0 Å². The average Bonchev–Trinajstić information content (AvgIpc) is 2.25. The summed E-state index contributed by atoms with van der Waals surface area (Å²) in [6.07, 6.45) is 9.06. The Morgan fingerprint density at radius 2 is 2.07 bits per heavy atom. The molecule has 86 valence electrons. The first-order chi connectivity index (χ1) is 7.20. The Bertz CT molecular complexity index is 227. The largest absolute Gasteiger partial charge is 0.478 e. The zero-order valence-electron chi connectivity index (χ0n) is 9.37. The highest BCUT2D eigenvalue weighted by Crippen LogP contribution is 2.20. The van der Waals surface area contributed by atoms with Gasteiger partial charge in [-0.3, -0.25) is 0 Å². The molecule has 0 aliphatic heterocycles. The molecule has 1 aliphatic rings. The van der Waals surface area contributed by atoms with Crippen LogP contribution < -0.4 is 0 Å². The highest BCUT2D eigenvalue weighted by atomic mass is 16.5. The Hall–Kier alpha value is -0.830. The molecular weight excluding hydrogens is 192 g/mol. The second kappa shape index (κ2) is 6.62. The topological polar surface area (TPSA) is 46.5 Å². The van der Waals surface area contributed by atoms with E-state index < -0.39 is 5.97 Å². The van der Waals surface area contributed by atoms with Crippen LogP contribution in [0.25, 0.3) is 0 Å². The fourth-order valence-electron chi connectivity index (χ4n) is 1.83. The highest BCUT2D eigenvalue weighted by Gasteiger charge is 2.12. The van der Waals surface area contributed by atoms with Gasteiger partial charge < -0.3 is 9.84 Å². The quantitative estimate of drug-likeness (QED) is 0.563. The number of carboxylic acid groups (broad SMARTS) is 1. The third-order valence-corrected chi connectivity index (χ3v) is 2.81. The second-order valence-electron chi connectivity index (χ2n) is 4.11. The van der Waals surface area contributed by atoms with Gasteiger partial charge in [0.05, 0.1) is 12.7 Å². The van der Waals surface area contributed by atoms with Crippen LogP contribution in [0.5, 0.6) is 0 Å². The number of carboxylic acids is 1. The lowest BCUT2D eigenvalue weighted by Crippen LogP contribution is -2.16. The summed E-state index contributed by atoms with van der Waals surface area (Å²) >= 11 is 0. The van der Waals surface area contributed by atoms with Crippen LogP contribution in [0.2, 0.25) is 0 Å². The molecule has 0 aromatic heterocycles. The SMILES string of the molecule is CC(=CCCOC1CCCCC1)C(=O)O. The van der Waals surface area contributed by atoms with Gasteiger partial charge in [0.25, 0.3) is 0 Å². The van der Waals surface area contributed by atoms with Gasteiger partial charge in [-0.05, 0) is 26.2 Å². The summed E-state index contributed by atoms with van der Waals surface area (Å²) in [5.74, 6) is -0.840. The molecule has 1 fully saturated rings. The van der Waals surface area contributed by atoms with Crippen molar-refractivity contribution in [3.05, 3.63) is 11.6 Å². The molecule has 0 bridgehead atoms. The summed E-state index contributed by atoms with van der Waals surface area (Å²) < 4.78 is 5.68. The maximum absolute atomic E-state index is 10.5. The Balaban J connectivity index is 2.10. The maximum atomic E-state index is 10.5. The number of rotatable bonds is 5. The normalized spacial score (nSPS) is 19.1. The fourth-order valence-corrected chi connectivity index (χ4v) is 1.83. The Morgan fingerprint density at radius 1 is 1.40 bits per heavy atom. The van der Waals surface area contributed by atoms with Crippen LogP contribution >= 0.6 is 0 Å². The minimum Gasteiger partial charge on any atom is -0.478 e. The molecule has 15 heavy (non-hydrogen) atoms. The van der Waals surface area contributed by atoms with E-state index in [4.69, 9.17) is 9.84 Å². The predicted molar refractivity (Wildman–Crippen MR) is 58.8 cm³/mol. The van der Waals surface area contributed by atoms with Crippen molar-refractivity contribution >= 4 is 5.97 Å². The molecule has 0 amide bonds. The predicted octanol–water partition coefficient (Wildman–Crippen LogP) is 2.76. The molecule has 1 aliphatic carbocycles. The molecule has 0 aromatic carbocycles. The molecule has 0 aromatic rings. The van der Waals surface area contributed by atoms with E-state index >= 15 is 0 Å². The molecule has 1 rings (SSSR count). The lowest BCUT2D eigenvalue weighted by Gasteiger charge is -2.21. The highest BCUT2D eigenvalue weighted by molar-refractivity contribution is 5.85. The van der Waals surface area contributed by atoms with Gasteiger partial charge in [-0.25, -0.2) is 4.79 Å². The molecular formula is C12H20O3. The van der Waals surface area contributed by atoms with Gasteiger partial charge in [-0.2, -0.15) is 0 Å². The monoisotopic (exact) mass is 212 g/mol. The minimum absolute atomic E-state index is 0.405. The van der Waals surface area contributed by atoms with Crippen LogP contribution in [0.4, 0.5) is 0 Å². The number of aliphatic carboxylic acids is 1. The zero-order chi connectivity index (χ0) is 11.1. The lowest BCUT2D eigenvalue weighted by atomic mass is 9.98. The van der Waals surface area contributed by atoms with E-state index in [1.54, 1.807) is 13.0 Å². The first-order valence-corrected chi connectivity index (χ1v) is 5.72. The number of hydrogen-bond donors (Lipinski definition) is 1. The Labute approximate surface area is 91.1 Å². The molecule has 3 heteroatoms. The van der Waals surface area contributed by atoms with Crippen molar-refractivity contribution < 1.29 is 14.6 Å². The summed E-state index contributed by atoms with van der Waals surface area (Å²) in [4.78, 5) is 10.5. The molecule has 0 unspecified atom stereocenters. The van der Waals surface area contributed by atoms with Gasteiger partial charge in [-0.1, -0.05) is 25.3 Å². The van der Waals surface area contributed by atoms with Crippen LogP contribution in [0, 0.1) is 0 Å². The Morgan fingerprint density at radius 3 is 2.67 bits per heavy atom. The van der Waals surface area contributed by atoms with E-state index in [2.05, 4.69) is 0 Å². The van der Waals surface area contributed by atoms with Gasteiger partial charge in [0.1, 0.15) is 0 Å². The van der Waals surface area contributed by atoms with Crippen molar-refractivity contribution in [2.45, 2.75) is 51.6 Å². The van der Waals surface area contributed by atoms with Crippen LogP contribution in [-0.4, -0.2) is 23.8 Å². The van der Waals surface area contributed by atoms with Crippen molar-refractivity contribution in [3.8, 4) is 0 Å². The lowest BCUT2D eigenvalue weighted by molar-refractivity contribution is -0.132. The summed E-state index contributed by atoms with van der Waals surface area (Å²) in [5, 5.41) is 8.62. The number of carbonyl (C=O) groups is 1. The van der Waals surface area contributed by atoms with E-state index in [0.717, 1.165) is 0 Å². The maximum Gasteiger partial charge on any atom is 0.330 e. The third kappa shape index (κ3) is 4.98. The summed E-state index contributed by atoms with van der Waals surface area (Å²) in [5.41, 5.74) is 0.405. The molecule has 1 N–H and O–H groups in total. The molecule has 0 saturated heterocycles. The van der Waals surface area contributed by atoms with E-state index in [1.165, 1.54) is 32.1 Å². The zero-order valence-corrected chi connectivity index (χ0v) is 9.37. The summed E-state index contributed by atoms with van der Waals surface area (Å²) in [7, 11) is 0. The van der Waals surface area contributed by atoms with E-state index in [0.29, 0.717) is 24.7 Å². The molecule has 0 spiro atoms. The van der Waals surface area contributed by atoms with Crippen LogP contribution in [0.15, 0.2) is 11.6 Å². The van der Waals surface area contributed by atoms with Crippen molar-refractivity contribution in [1.29, 1.82) is 0 Å². The standard InChI is InChI=1S/C12H20O3/c1-10(12(13)14)6-5-9-15-11-7-3-2-4-8-11/h6,11H,2-5,7-9H2,1H3,(H,13,14). The summed E-state index contributed by atoms with van der Waals surface area (Å²) in [6, 6.07) is 0. The van der Waals surface area contributed by atoms with Crippen LogP contribution in [-0.2, 0) is 9.53 Å². The number of hydrogen-bond acceptors (Lipinski definition) is 2. The van der Waals surface area contributed by atoms with Gasteiger partial charge in [0, 0.05) is 5.57 Å². The van der Waals surface area contributed by atoms with Crippen molar-refractivity contribution in [2.75, 3.05) is 6.61 Å². The van der Waals surface area contributed by atoms with Crippen LogP contribution in [0.3, 0.4) is 0 Å². The van der Waals surface area contributed by atoms with Gasteiger partial charge in [-0.15, -0.1) is 0 Å². The molecule has 0 heterocycles. The van der Waals surface area contributed by atoms with Crippen LogP contribution in [0.1, 0.15) is 45.4 Å². The Kier molecular flexibility index (Phi) is 5.40. The van der Waals surface area contributed by atoms with E-state index in [-0.39, 0.29) is 0 Å². The van der Waals surface area contributed by atoms with Gasteiger partial charge in [0.15, 0.2) is 0 Å². The molecule has 0 atom stereocenters. The minimum atomic E-state index is -0.840. The first kappa shape index (κ1) is 12.2.